The quantitative estimate of drug-likeness (QED) is 0.571. The first-order valence-electron chi connectivity index (χ1n) is 5.56. The summed E-state index contributed by atoms with van der Waals surface area (Å²) in [6.07, 6.45) is 0. The van der Waals surface area contributed by atoms with Gasteiger partial charge in [-0.25, -0.2) is 0 Å². The summed E-state index contributed by atoms with van der Waals surface area (Å²) >= 11 is 0. The average Bonchev–Trinajstić information content (AvgIpc) is 2.65. The molecule has 0 radical (unpaired) electrons. The van der Waals surface area contributed by atoms with Crippen LogP contribution in [-0.2, 0) is 19.1 Å². The van der Waals surface area contributed by atoms with Crippen molar-refractivity contribution in [2.45, 2.75) is 5.92 Å². The van der Waals surface area contributed by atoms with Crippen molar-refractivity contribution in [2.75, 3.05) is 20.2 Å². The molecule has 0 aromatic heterocycles. The summed E-state index contributed by atoms with van der Waals surface area (Å²) < 4.78 is 4.49. The number of esters is 1. The molecule has 1 aliphatic rings. The van der Waals surface area contributed by atoms with E-state index in [-0.39, 0.29) is 24.8 Å². The Morgan fingerprint density at radius 3 is 2.61 bits per heavy atom. The summed E-state index contributed by atoms with van der Waals surface area (Å²) in [4.78, 5) is 36.3. The van der Waals surface area contributed by atoms with Gasteiger partial charge in [-0.2, -0.15) is 0 Å². The van der Waals surface area contributed by atoms with E-state index in [2.05, 4.69) is 4.74 Å². The predicted molar refractivity (Wildman–Crippen MR) is 62.8 cm³/mol. The van der Waals surface area contributed by atoms with Crippen LogP contribution in [0.1, 0.15) is 11.5 Å². The minimum Gasteiger partial charge on any atom is -0.468 e. The lowest BCUT2D eigenvalue weighted by Gasteiger charge is -2.13. The highest BCUT2D eigenvalue weighted by atomic mass is 16.5. The van der Waals surface area contributed by atoms with Gasteiger partial charge in [0.2, 0.25) is 5.91 Å². The first-order valence-corrected chi connectivity index (χ1v) is 5.56. The zero-order chi connectivity index (χ0) is 13.1. The molecule has 0 aliphatic carbocycles. The van der Waals surface area contributed by atoms with E-state index in [0.29, 0.717) is 5.56 Å². The van der Waals surface area contributed by atoms with Crippen LogP contribution in [0.5, 0.6) is 0 Å². The lowest BCUT2D eigenvalue weighted by atomic mass is 9.97. The largest absolute Gasteiger partial charge is 0.468 e. The first-order chi connectivity index (χ1) is 8.63. The van der Waals surface area contributed by atoms with E-state index in [1.165, 1.54) is 12.0 Å². The van der Waals surface area contributed by atoms with Gasteiger partial charge >= 0.3 is 5.97 Å². The number of benzene rings is 1. The number of ketones is 1. The van der Waals surface area contributed by atoms with Crippen LogP contribution in [0.4, 0.5) is 0 Å². The van der Waals surface area contributed by atoms with Gasteiger partial charge in [-0.15, -0.1) is 0 Å². The molecule has 0 saturated carbocycles. The van der Waals surface area contributed by atoms with Gasteiger partial charge in [-0.1, -0.05) is 30.3 Å². The first kappa shape index (κ1) is 12.3. The van der Waals surface area contributed by atoms with Gasteiger partial charge in [0.05, 0.1) is 13.7 Å². The molecular formula is C13H13NO4. The number of ether oxygens (including phenoxy) is 1. The third-order valence-electron chi connectivity index (χ3n) is 2.91. The number of rotatable bonds is 3. The lowest BCUT2D eigenvalue weighted by molar-refractivity contribution is -0.145. The number of carbonyl (C=O) groups excluding carboxylic acids is 3. The zero-order valence-corrected chi connectivity index (χ0v) is 9.96. The van der Waals surface area contributed by atoms with Crippen molar-refractivity contribution < 1.29 is 19.1 Å². The van der Waals surface area contributed by atoms with E-state index in [9.17, 15) is 14.4 Å². The molecule has 1 aliphatic heterocycles. The van der Waals surface area contributed by atoms with E-state index in [1.54, 1.807) is 24.3 Å². The number of likely N-dealkylation sites (tertiary alicyclic amines) is 1. The van der Waals surface area contributed by atoms with Gasteiger partial charge in [0.1, 0.15) is 12.5 Å². The van der Waals surface area contributed by atoms with Crippen LogP contribution in [0.3, 0.4) is 0 Å². The Balaban J connectivity index is 2.17. The van der Waals surface area contributed by atoms with Crippen molar-refractivity contribution in [3.05, 3.63) is 35.9 Å². The van der Waals surface area contributed by atoms with Crippen molar-refractivity contribution in [3.8, 4) is 0 Å². The van der Waals surface area contributed by atoms with E-state index >= 15 is 0 Å². The molecule has 1 atom stereocenters. The maximum atomic E-state index is 12.1. The molecule has 1 fully saturated rings. The Morgan fingerprint density at radius 2 is 2.00 bits per heavy atom. The lowest BCUT2D eigenvalue weighted by Crippen LogP contribution is -2.32. The van der Waals surface area contributed by atoms with E-state index in [0.717, 1.165) is 0 Å². The summed E-state index contributed by atoms with van der Waals surface area (Å²) in [5, 5.41) is 0. The molecule has 1 saturated heterocycles. The minimum absolute atomic E-state index is 0.0342. The van der Waals surface area contributed by atoms with Crippen molar-refractivity contribution in [1.29, 1.82) is 0 Å². The van der Waals surface area contributed by atoms with Crippen LogP contribution in [0.2, 0.25) is 0 Å². The molecule has 0 spiro atoms. The number of hydrogen-bond donors (Lipinski definition) is 0. The van der Waals surface area contributed by atoms with Crippen LogP contribution in [-0.4, -0.2) is 42.8 Å². The number of amides is 1. The van der Waals surface area contributed by atoms with Gasteiger partial charge < -0.3 is 9.64 Å². The van der Waals surface area contributed by atoms with Crippen LogP contribution in [0.15, 0.2) is 30.3 Å². The van der Waals surface area contributed by atoms with Crippen LogP contribution in [0.25, 0.3) is 0 Å². The normalized spacial score (nSPS) is 19.2. The molecular weight excluding hydrogens is 234 g/mol. The third-order valence-corrected chi connectivity index (χ3v) is 2.91. The maximum Gasteiger partial charge on any atom is 0.325 e. The van der Waals surface area contributed by atoms with Gasteiger partial charge in [0, 0.05) is 0 Å². The second kappa shape index (κ2) is 5.00. The van der Waals surface area contributed by atoms with E-state index in [1.807, 2.05) is 6.07 Å². The topological polar surface area (TPSA) is 63.7 Å². The molecule has 1 unspecified atom stereocenters. The Morgan fingerprint density at radius 1 is 1.33 bits per heavy atom. The molecule has 1 aromatic carbocycles. The molecule has 1 heterocycles. The molecule has 5 heteroatoms. The van der Waals surface area contributed by atoms with Crippen LogP contribution in [0, 0.1) is 0 Å². The highest BCUT2D eigenvalue weighted by Crippen LogP contribution is 2.25. The van der Waals surface area contributed by atoms with Gasteiger partial charge in [0.25, 0.3) is 0 Å². The fourth-order valence-corrected chi connectivity index (χ4v) is 2.01. The second-order valence-electron chi connectivity index (χ2n) is 4.08. The van der Waals surface area contributed by atoms with E-state index in [4.69, 9.17) is 0 Å². The monoisotopic (exact) mass is 247 g/mol. The molecule has 18 heavy (non-hydrogen) atoms. The highest BCUT2D eigenvalue weighted by molar-refractivity contribution is 6.13. The van der Waals surface area contributed by atoms with Gasteiger partial charge in [0.15, 0.2) is 5.78 Å². The number of nitrogens with zero attached hydrogens (tertiary/aromatic N) is 1. The highest BCUT2D eigenvalue weighted by Gasteiger charge is 2.40. The van der Waals surface area contributed by atoms with Crippen molar-refractivity contribution in [2.24, 2.45) is 0 Å². The van der Waals surface area contributed by atoms with Crippen molar-refractivity contribution in [1.82, 2.24) is 4.90 Å². The van der Waals surface area contributed by atoms with Crippen LogP contribution >= 0.6 is 0 Å². The average molecular weight is 247 g/mol. The Kier molecular flexibility index (Phi) is 3.41. The standard InChI is InChI=1S/C13H13NO4/c1-18-11(16)8-14-7-10(15)12(13(14)17)9-5-3-2-4-6-9/h2-6,12H,7-8H2,1H3. The minimum atomic E-state index is -0.782. The SMILES string of the molecule is COC(=O)CN1CC(=O)C(c2ccccc2)C1=O. The Labute approximate surface area is 104 Å². The third kappa shape index (κ3) is 2.25. The van der Waals surface area contributed by atoms with Crippen molar-refractivity contribution in [3.63, 3.8) is 0 Å². The number of carbonyl (C=O) groups is 3. The summed E-state index contributed by atoms with van der Waals surface area (Å²) in [7, 11) is 1.25. The predicted octanol–water partition coefficient (Wildman–Crippen LogP) is 0.354. The number of methoxy groups -OCH3 is 1. The molecule has 1 amide bonds. The molecule has 1 aromatic rings. The summed E-state index contributed by atoms with van der Waals surface area (Å²) in [5.74, 6) is -1.83. The second-order valence-corrected chi connectivity index (χ2v) is 4.08. The fourth-order valence-electron chi connectivity index (χ4n) is 2.01. The van der Waals surface area contributed by atoms with Crippen LogP contribution < -0.4 is 0 Å². The van der Waals surface area contributed by atoms with Crippen molar-refractivity contribution >= 4 is 17.7 Å². The number of Topliss-reactive ketones (excluding diaryl/α,β-unsaturated/α-hetero) is 1. The summed E-state index contributed by atoms with van der Waals surface area (Å²) in [6, 6.07) is 8.85. The van der Waals surface area contributed by atoms with Gasteiger partial charge in [-0.05, 0) is 5.56 Å². The smallest absolute Gasteiger partial charge is 0.325 e. The molecule has 0 N–H and O–H groups in total. The van der Waals surface area contributed by atoms with Gasteiger partial charge in [-0.3, -0.25) is 14.4 Å². The number of hydrogen-bond acceptors (Lipinski definition) is 4. The molecule has 0 bridgehead atoms. The maximum absolute atomic E-state index is 12.1. The van der Waals surface area contributed by atoms with E-state index < -0.39 is 11.9 Å². The Bertz CT molecular complexity index is 483. The molecule has 5 nitrogen and oxygen atoms in total. The fraction of sp³-hybridized carbons (Fsp3) is 0.308. The molecule has 2 rings (SSSR count). The molecule has 94 valence electrons. The summed E-state index contributed by atoms with van der Waals surface area (Å²) in [5.41, 5.74) is 0.667. The zero-order valence-electron chi connectivity index (χ0n) is 9.96. The Hall–Kier alpha value is -2.17. The summed E-state index contributed by atoms with van der Waals surface area (Å²) in [6.45, 7) is -0.210.